The van der Waals surface area contributed by atoms with Gasteiger partial charge in [0.15, 0.2) is 5.76 Å². The number of nitrogens with one attached hydrogen (secondary N) is 1. The average molecular weight is 347 g/mol. The topological polar surface area (TPSA) is 82.9 Å². The molecule has 4 rings (SSSR count). The molecule has 0 atom stereocenters. The van der Waals surface area contributed by atoms with Crippen molar-refractivity contribution in [1.82, 2.24) is 5.32 Å². The van der Waals surface area contributed by atoms with Crippen molar-refractivity contribution in [3.05, 3.63) is 48.4 Å². The molecule has 1 aromatic heterocycles. The van der Waals surface area contributed by atoms with Crippen molar-refractivity contribution in [1.29, 1.82) is 0 Å². The summed E-state index contributed by atoms with van der Waals surface area (Å²) in [6.07, 6.45) is 3.19. The molecule has 0 radical (unpaired) electrons. The van der Waals surface area contributed by atoms with Crippen molar-refractivity contribution in [3.8, 4) is 0 Å². The number of amides is 1. The Morgan fingerprint density at radius 1 is 1.17 bits per heavy atom. The Balaban J connectivity index is 1.51. The largest absolute Gasteiger partial charge is 0.459 e. The summed E-state index contributed by atoms with van der Waals surface area (Å²) >= 11 is 0. The van der Waals surface area contributed by atoms with Gasteiger partial charge in [0.1, 0.15) is 0 Å². The lowest BCUT2D eigenvalue weighted by molar-refractivity contribution is 0.0927. The number of furan rings is 1. The van der Waals surface area contributed by atoms with Gasteiger partial charge in [0.05, 0.1) is 24.2 Å². The number of para-hydroxylation sites is 2. The van der Waals surface area contributed by atoms with Gasteiger partial charge in [-0.05, 0) is 37.1 Å². The lowest BCUT2D eigenvalue weighted by Crippen LogP contribution is -2.42. The number of hydrogen-bond donors (Lipinski definition) is 1. The van der Waals surface area contributed by atoms with Crippen LogP contribution in [0.3, 0.4) is 0 Å². The molecule has 1 aliphatic carbocycles. The summed E-state index contributed by atoms with van der Waals surface area (Å²) < 4.78 is 33.6. The minimum atomic E-state index is -3.58. The molecule has 2 aromatic rings. The molecule has 2 heterocycles. The van der Waals surface area contributed by atoms with Crippen LogP contribution in [0.2, 0.25) is 0 Å². The Labute approximate surface area is 140 Å². The Kier molecular flexibility index (Phi) is 3.49. The molecule has 24 heavy (non-hydrogen) atoms. The number of nitrogens with zero attached hydrogens (tertiary/aromatic N) is 2. The quantitative estimate of drug-likeness (QED) is 0.893. The second-order valence-electron chi connectivity index (χ2n) is 5.83. The van der Waals surface area contributed by atoms with Crippen LogP contribution >= 0.6 is 0 Å². The van der Waals surface area contributed by atoms with Gasteiger partial charge < -0.3 is 9.73 Å². The summed E-state index contributed by atoms with van der Waals surface area (Å²) in [4.78, 5) is 11.9. The number of hydrogen-bond acceptors (Lipinski definition) is 4. The lowest BCUT2D eigenvalue weighted by Gasteiger charge is -2.21. The van der Waals surface area contributed by atoms with Gasteiger partial charge in [0, 0.05) is 12.6 Å². The highest BCUT2D eigenvalue weighted by Crippen LogP contribution is 2.46. The third-order valence-corrected chi connectivity index (χ3v) is 6.07. The molecule has 1 N–H and O–H groups in total. The smallest absolute Gasteiger partial charge is 0.326 e. The molecule has 2 aliphatic rings. The summed E-state index contributed by atoms with van der Waals surface area (Å²) in [5.74, 6) is -0.150. The fraction of sp³-hybridized carbons (Fsp3) is 0.312. The number of anilines is 2. The van der Waals surface area contributed by atoms with Crippen LogP contribution in [0.15, 0.2) is 47.1 Å². The zero-order valence-electron chi connectivity index (χ0n) is 12.9. The summed E-state index contributed by atoms with van der Waals surface area (Å²) in [6.45, 7) is 0.376. The van der Waals surface area contributed by atoms with Crippen LogP contribution in [0.1, 0.15) is 23.4 Å². The van der Waals surface area contributed by atoms with Gasteiger partial charge in [0.25, 0.3) is 5.91 Å². The minimum absolute atomic E-state index is 0.0545. The van der Waals surface area contributed by atoms with Crippen LogP contribution in [0.4, 0.5) is 11.4 Å². The molecule has 0 spiro atoms. The van der Waals surface area contributed by atoms with E-state index in [-0.39, 0.29) is 30.8 Å². The van der Waals surface area contributed by atoms with Crippen molar-refractivity contribution < 1.29 is 17.6 Å². The first-order valence-electron chi connectivity index (χ1n) is 7.82. The molecule has 126 valence electrons. The minimum Gasteiger partial charge on any atom is -0.459 e. The molecular weight excluding hydrogens is 330 g/mol. The number of benzene rings is 1. The number of rotatable bonds is 5. The van der Waals surface area contributed by atoms with E-state index in [0.29, 0.717) is 5.69 Å². The Morgan fingerprint density at radius 3 is 2.58 bits per heavy atom. The summed E-state index contributed by atoms with van der Waals surface area (Å²) in [5, 5.41) is 2.68. The molecule has 7 nitrogen and oxygen atoms in total. The first-order chi connectivity index (χ1) is 11.6. The Hall–Kier alpha value is -2.48. The maximum atomic E-state index is 12.9. The van der Waals surface area contributed by atoms with Gasteiger partial charge in [-0.1, -0.05) is 12.1 Å². The predicted molar refractivity (Wildman–Crippen MR) is 89.3 cm³/mol. The van der Waals surface area contributed by atoms with E-state index in [1.165, 1.54) is 14.9 Å². The van der Waals surface area contributed by atoms with Crippen molar-refractivity contribution in [2.24, 2.45) is 0 Å². The van der Waals surface area contributed by atoms with Gasteiger partial charge in [0.2, 0.25) is 0 Å². The molecule has 1 saturated carbocycles. The van der Waals surface area contributed by atoms with Crippen molar-refractivity contribution in [2.75, 3.05) is 21.7 Å². The highest BCUT2D eigenvalue weighted by Gasteiger charge is 2.47. The fourth-order valence-corrected chi connectivity index (χ4v) is 4.84. The van der Waals surface area contributed by atoms with Crippen LogP contribution < -0.4 is 13.9 Å². The molecule has 1 amide bonds. The SMILES string of the molecule is O=C(NCCN1c2ccccc2N(C2CC2)S1(=O)=O)c1ccco1. The van der Waals surface area contributed by atoms with E-state index in [1.807, 2.05) is 18.2 Å². The van der Waals surface area contributed by atoms with E-state index in [9.17, 15) is 13.2 Å². The van der Waals surface area contributed by atoms with E-state index in [1.54, 1.807) is 18.2 Å². The highest BCUT2D eigenvalue weighted by atomic mass is 32.2. The van der Waals surface area contributed by atoms with E-state index >= 15 is 0 Å². The summed E-state index contributed by atoms with van der Waals surface area (Å²) in [7, 11) is -3.58. The highest BCUT2D eigenvalue weighted by molar-refractivity contribution is 7.94. The summed E-state index contributed by atoms with van der Waals surface area (Å²) in [5.41, 5.74) is 1.38. The van der Waals surface area contributed by atoms with E-state index < -0.39 is 10.2 Å². The van der Waals surface area contributed by atoms with Gasteiger partial charge in [-0.2, -0.15) is 8.42 Å². The van der Waals surface area contributed by atoms with Crippen LogP contribution in [-0.4, -0.2) is 33.5 Å². The lowest BCUT2D eigenvalue weighted by atomic mass is 10.2. The monoisotopic (exact) mass is 347 g/mol. The first kappa shape index (κ1) is 15.1. The van der Waals surface area contributed by atoms with Crippen LogP contribution in [0.25, 0.3) is 0 Å². The van der Waals surface area contributed by atoms with Gasteiger partial charge in [-0.25, -0.2) is 8.61 Å². The maximum absolute atomic E-state index is 12.9. The first-order valence-corrected chi connectivity index (χ1v) is 9.21. The molecule has 1 aromatic carbocycles. The molecular formula is C16H17N3O4S. The zero-order chi connectivity index (χ0) is 16.7. The molecule has 1 fully saturated rings. The third kappa shape index (κ3) is 2.43. The Morgan fingerprint density at radius 2 is 1.92 bits per heavy atom. The van der Waals surface area contributed by atoms with Crippen molar-refractivity contribution in [2.45, 2.75) is 18.9 Å². The van der Waals surface area contributed by atoms with E-state index in [2.05, 4.69) is 5.32 Å². The predicted octanol–water partition coefficient (Wildman–Crippen LogP) is 1.74. The molecule has 0 bridgehead atoms. The van der Waals surface area contributed by atoms with Crippen molar-refractivity contribution in [3.63, 3.8) is 0 Å². The zero-order valence-corrected chi connectivity index (χ0v) is 13.7. The van der Waals surface area contributed by atoms with E-state index in [4.69, 9.17) is 4.42 Å². The van der Waals surface area contributed by atoms with Crippen LogP contribution in [0.5, 0.6) is 0 Å². The summed E-state index contributed by atoms with van der Waals surface area (Å²) in [6, 6.07) is 10.5. The third-order valence-electron chi connectivity index (χ3n) is 4.14. The Bertz CT molecular complexity index is 859. The number of carbonyl (C=O) groups excluding carboxylic acids is 1. The normalized spacial score (nSPS) is 18.5. The second-order valence-corrected chi connectivity index (χ2v) is 7.56. The fourth-order valence-electron chi connectivity index (χ4n) is 2.91. The molecule has 0 saturated heterocycles. The molecule has 8 heteroatoms. The van der Waals surface area contributed by atoms with Gasteiger partial charge in [-0.15, -0.1) is 0 Å². The van der Waals surface area contributed by atoms with Gasteiger partial charge >= 0.3 is 10.2 Å². The average Bonchev–Trinajstić information content (AvgIpc) is 3.16. The standard InChI is InChI=1S/C16H17N3O4S/c20-16(15-6-3-11-23-15)17-9-10-18-13-4-1-2-5-14(13)19(12-7-8-12)24(18,21)22/h1-6,11-12H,7-10H2,(H,17,20). The van der Waals surface area contributed by atoms with E-state index in [0.717, 1.165) is 18.5 Å². The second kappa shape index (κ2) is 5.55. The maximum Gasteiger partial charge on any atom is 0.326 e. The van der Waals surface area contributed by atoms with Gasteiger partial charge in [-0.3, -0.25) is 4.79 Å². The molecule has 0 unspecified atom stereocenters. The van der Waals surface area contributed by atoms with Crippen LogP contribution in [-0.2, 0) is 10.2 Å². The van der Waals surface area contributed by atoms with Crippen molar-refractivity contribution >= 4 is 27.5 Å². The number of carbonyl (C=O) groups is 1. The molecule has 1 aliphatic heterocycles. The number of fused-ring (bicyclic) bond motifs is 1. The van der Waals surface area contributed by atoms with Crippen LogP contribution in [0, 0.1) is 0 Å².